The van der Waals surface area contributed by atoms with E-state index in [0.717, 1.165) is 17.8 Å². The van der Waals surface area contributed by atoms with Gasteiger partial charge in [-0.3, -0.25) is 9.59 Å². The van der Waals surface area contributed by atoms with Crippen LogP contribution in [0, 0.1) is 6.92 Å². The zero-order valence-electron chi connectivity index (χ0n) is 10.0. The summed E-state index contributed by atoms with van der Waals surface area (Å²) in [5.74, 6) is -0.866. The molecule has 1 aromatic rings. The number of benzene rings is 1. The van der Waals surface area contributed by atoms with Gasteiger partial charge in [-0.15, -0.1) is 0 Å². The van der Waals surface area contributed by atoms with Crippen LogP contribution in [0.5, 0.6) is 0 Å². The Kier molecular flexibility index (Phi) is 4.51. The van der Waals surface area contributed by atoms with Crippen molar-refractivity contribution in [1.82, 2.24) is 5.32 Å². The number of rotatable bonds is 5. The lowest BCUT2D eigenvalue weighted by Crippen LogP contribution is -2.33. The summed E-state index contributed by atoms with van der Waals surface area (Å²) in [4.78, 5) is 22.4. The highest BCUT2D eigenvalue weighted by atomic mass is 16.2. The van der Waals surface area contributed by atoms with Crippen LogP contribution in [0.25, 0.3) is 0 Å². The van der Waals surface area contributed by atoms with Gasteiger partial charge in [-0.2, -0.15) is 0 Å². The van der Waals surface area contributed by atoms with Crippen LogP contribution in [0.15, 0.2) is 18.2 Å². The van der Waals surface area contributed by atoms with Crippen molar-refractivity contribution < 1.29 is 9.59 Å². The minimum atomic E-state index is -0.560. The van der Waals surface area contributed by atoms with Gasteiger partial charge in [0.05, 0.1) is 12.1 Å². The highest BCUT2D eigenvalue weighted by molar-refractivity contribution is 6.01. The van der Waals surface area contributed by atoms with Gasteiger partial charge in [0, 0.05) is 12.2 Å². The number of nitrogens with two attached hydrogens (primary N) is 1. The molecule has 0 aliphatic carbocycles. The summed E-state index contributed by atoms with van der Waals surface area (Å²) in [7, 11) is 0. The van der Waals surface area contributed by atoms with Gasteiger partial charge >= 0.3 is 0 Å². The first-order valence-electron chi connectivity index (χ1n) is 5.45. The summed E-state index contributed by atoms with van der Waals surface area (Å²) in [6, 6.07) is 5.46. The molecule has 0 saturated heterocycles. The molecule has 0 radical (unpaired) electrons. The lowest BCUT2D eigenvalue weighted by molar-refractivity contribution is -0.117. The first-order valence-corrected chi connectivity index (χ1v) is 5.45. The van der Waals surface area contributed by atoms with Crippen molar-refractivity contribution in [2.24, 2.45) is 5.73 Å². The molecule has 17 heavy (non-hydrogen) atoms. The summed E-state index contributed by atoms with van der Waals surface area (Å²) >= 11 is 0. The Morgan fingerprint density at radius 2 is 2.06 bits per heavy atom. The largest absolute Gasteiger partial charge is 0.385 e. The standard InChI is InChI=1S/C12H17N3O2/c1-3-14-10-6-8(2)4-5-9(10)12(17)15-7-11(13)16/h4-6,14H,3,7H2,1-2H3,(H2,13,16)(H,15,17). The molecule has 0 heterocycles. The second kappa shape index (κ2) is 5.89. The first-order chi connectivity index (χ1) is 8.04. The van der Waals surface area contributed by atoms with E-state index in [1.165, 1.54) is 0 Å². The Labute approximate surface area is 100 Å². The molecule has 0 aliphatic rings. The van der Waals surface area contributed by atoms with E-state index in [0.29, 0.717) is 5.56 Å². The predicted octanol–water partition coefficient (Wildman–Crippen LogP) is 0.642. The van der Waals surface area contributed by atoms with E-state index < -0.39 is 5.91 Å². The minimum Gasteiger partial charge on any atom is -0.385 e. The second-order valence-electron chi connectivity index (χ2n) is 3.73. The number of primary amides is 1. The maximum Gasteiger partial charge on any atom is 0.253 e. The van der Waals surface area contributed by atoms with Crippen LogP contribution in [0.4, 0.5) is 5.69 Å². The van der Waals surface area contributed by atoms with Gasteiger partial charge in [-0.25, -0.2) is 0 Å². The van der Waals surface area contributed by atoms with Crippen molar-refractivity contribution in [1.29, 1.82) is 0 Å². The van der Waals surface area contributed by atoms with E-state index in [-0.39, 0.29) is 12.5 Å². The number of carbonyl (C=O) groups excluding carboxylic acids is 2. The van der Waals surface area contributed by atoms with E-state index in [2.05, 4.69) is 10.6 Å². The lowest BCUT2D eigenvalue weighted by atomic mass is 10.1. The number of aryl methyl sites for hydroxylation is 1. The molecule has 1 rings (SSSR count). The van der Waals surface area contributed by atoms with E-state index in [1.54, 1.807) is 6.07 Å². The van der Waals surface area contributed by atoms with Crippen molar-refractivity contribution in [2.45, 2.75) is 13.8 Å². The lowest BCUT2D eigenvalue weighted by Gasteiger charge is -2.11. The molecule has 0 unspecified atom stereocenters. The van der Waals surface area contributed by atoms with Gasteiger partial charge < -0.3 is 16.4 Å². The number of anilines is 1. The first kappa shape index (κ1) is 13.0. The van der Waals surface area contributed by atoms with E-state index in [9.17, 15) is 9.59 Å². The average Bonchev–Trinajstić information content (AvgIpc) is 2.26. The molecule has 0 saturated carbocycles. The molecule has 0 bridgehead atoms. The Morgan fingerprint density at radius 1 is 1.35 bits per heavy atom. The SMILES string of the molecule is CCNc1cc(C)ccc1C(=O)NCC(N)=O. The molecule has 0 spiro atoms. The summed E-state index contributed by atoms with van der Waals surface area (Å²) in [5.41, 5.74) is 7.30. The van der Waals surface area contributed by atoms with E-state index in [1.807, 2.05) is 26.0 Å². The third kappa shape index (κ3) is 3.79. The molecule has 5 nitrogen and oxygen atoms in total. The Morgan fingerprint density at radius 3 is 2.65 bits per heavy atom. The fourth-order valence-corrected chi connectivity index (χ4v) is 1.46. The fourth-order valence-electron chi connectivity index (χ4n) is 1.46. The molecule has 0 aromatic heterocycles. The number of hydrogen-bond donors (Lipinski definition) is 3. The van der Waals surface area contributed by atoms with Crippen LogP contribution in [0.3, 0.4) is 0 Å². The Hall–Kier alpha value is -2.04. The monoisotopic (exact) mass is 235 g/mol. The summed E-state index contributed by atoms with van der Waals surface area (Å²) < 4.78 is 0. The molecular formula is C12H17N3O2. The van der Waals surface area contributed by atoms with Crippen LogP contribution in [-0.4, -0.2) is 24.9 Å². The second-order valence-corrected chi connectivity index (χ2v) is 3.73. The third-order valence-electron chi connectivity index (χ3n) is 2.21. The van der Waals surface area contributed by atoms with Crippen molar-refractivity contribution in [3.63, 3.8) is 0 Å². The van der Waals surface area contributed by atoms with Gasteiger partial charge in [-0.1, -0.05) is 6.07 Å². The highest BCUT2D eigenvalue weighted by Crippen LogP contribution is 2.17. The average molecular weight is 235 g/mol. The van der Waals surface area contributed by atoms with E-state index in [4.69, 9.17) is 5.73 Å². The van der Waals surface area contributed by atoms with Crippen molar-refractivity contribution >= 4 is 17.5 Å². The molecule has 0 aliphatic heterocycles. The maximum atomic E-state index is 11.8. The topological polar surface area (TPSA) is 84.2 Å². The predicted molar refractivity (Wildman–Crippen MR) is 66.9 cm³/mol. The van der Waals surface area contributed by atoms with Crippen LogP contribution in [0.2, 0.25) is 0 Å². The molecule has 5 heteroatoms. The van der Waals surface area contributed by atoms with Crippen LogP contribution >= 0.6 is 0 Å². The number of hydrogen-bond acceptors (Lipinski definition) is 3. The zero-order chi connectivity index (χ0) is 12.8. The summed E-state index contributed by atoms with van der Waals surface area (Å²) in [6.45, 7) is 4.47. The molecule has 4 N–H and O–H groups in total. The van der Waals surface area contributed by atoms with Crippen molar-refractivity contribution in [3.8, 4) is 0 Å². The van der Waals surface area contributed by atoms with Crippen LogP contribution in [0.1, 0.15) is 22.8 Å². The van der Waals surface area contributed by atoms with Gasteiger partial charge in [0.1, 0.15) is 0 Å². The van der Waals surface area contributed by atoms with Crippen molar-refractivity contribution in [3.05, 3.63) is 29.3 Å². The van der Waals surface area contributed by atoms with Crippen LogP contribution in [-0.2, 0) is 4.79 Å². The summed E-state index contributed by atoms with van der Waals surface area (Å²) in [6.07, 6.45) is 0. The molecule has 2 amide bonds. The van der Waals surface area contributed by atoms with Crippen LogP contribution < -0.4 is 16.4 Å². The molecule has 92 valence electrons. The van der Waals surface area contributed by atoms with Crippen molar-refractivity contribution in [2.75, 3.05) is 18.4 Å². The Balaban J connectivity index is 2.87. The molecule has 0 fully saturated rings. The summed E-state index contributed by atoms with van der Waals surface area (Å²) in [5, 5.41) is 5.57. The third-order valence-corrected chi connectivity index (χ3v) is 2.21. The number of amides is 2. The fraction of sp³-hybridized carbons (Fsp3) is 0.333. The number of nitrogens with one attached hydrogen (secondary N) is 2. The van der Waals surface area contributed by atoms with Gasteiger partial charge in [-0.05, 0) is 31.5 Å². The van der Waals surface area contributed by atoms with Gasteiger partial charge in [0.2, 0.25) is 5.91 Å². The highest BCUT2D eigenvalue weighted by Gasteiger charge is 2.11. The molecule has 0 atom stereocenters. The normalized spacial score (nSPS) is 9.76. The zero-order valence-corrected chi connectivity index (χ0v) is 10.0. The van der Waals surface area contributed by atoms with E-state index >= 15 is 0 Å². The Bertz CT molecular complexity index is 430. The maximum absolute atomic E-state index is 11.8. The minimum absolute atomic E-state index is 0.154. The number of carbonyl (C=O) groups is 2. The van der Waals surface area contributed by atoms with Gasteiger partial charge in [0.15, 0.2) is 0 Å². The smallest absolute Gasteiger partial charge is 0.253 e. The molecule has 1 aromatic carbocycles. The van der Waals surface area contributed by atoms with Gasteiger partial charge in [0.25, 0.3) is 5.91 Å². The quantitative estimate of drug-likeness (QED) is 0.700. The molecular weight excluding hydrogens is 218 g/mol.